The molecule has 0 unspecified atom stereocenters. The van der Waals surface area contributed by atoms with Crippen molar-refractivity contribution in [2.45, 2.75) is 46.5 Å². The lowest BCUT2D eigenvalue weighted by molar-refractivity contribution is 0.353. The maximum Gasteiger partial charge on any atom is 0.230 e. The van der Waals surface area contributed by atoms with Gasteiger partial charge in [-0.25, -0.2) is 9.98 Å². The van der Waals surface area contributed by atoms with Crippen molar-refractivity contribution in [3.8, 4) is 0 Å². The van der Waals surface area contributed by atoms with Crippen molar-refractivity contribution in [1.29, 1.82) is 0 Å². The molecule has 2 rings (SSSR count). The fourth-order valence-corrected chi connectivity index (χ4v) is 2.41. The van der Waals surface area contributed by atoms with E-state index in [9.17, 15) is 0 Å². The molecule has 1 aliphatic heterocycles. The van der Waals surface area contributed by atoms with Gasteiger partial charge in [0.05, 0.1) is 17.9 Å². The van der Waals surface area contributed by atoms with Gasteiger partial charge in [0, 0.05) is 0 Å². The molecule has 0 aliphatic carbocycles. The molecule has 3 heteroatoms. The average molecular weight is 272 g/mol. The molecule has 0 saturated carbocycles. The van der Waals surface area contributed by atoms with Crippen LogP contribution in [0.3, 0.4) is 0 Å². The lowest BCUT2D eigenvalue weighted by Gasteiger charge is -2.17. The number of nitrogens with zero attached hydrogens (tertiary/aromatic N) is 2. The Labute approximate surface area is 121 Å². The summed E-state index contributed by atoms with van der Waals surface area (Å²) < 4.78 is 5.51. The van der Waals surface area contributed by atoms with E-state index in [0.29, 0.717) is 24.3 Å². The molecule has 1 aromatic carbocycles. The molecule has 3 nitrogen and oxygen atoms in total. The smallest absolute Gasteiger partial charge is 0.230 e. The molecule has 1 aliphatic rings. The van der Waals surface area contributed by atoms with Crippen LogP contribution in [-0.2, 0) is 4.74 Å². The second-order valence-electron chi connectivity index (χ2n) is 5.83. The predicted octanol–water partition coefficient (Wildman–Crippen LogP) is 4.45. The first-order valence-electron chi connectivity index (χ1n) is 7.36. The first-order chi connectivity index (χ1) is 9.50. The lowest BCUT2D eigenvalue weighted by atomic mass is 9.93. The van der Waals surface area contributed by atoms with E-state index in [2.05, 4.69) is 50.9 Å². The van der Waals surface area contributed by atoms with Gasteiger partial charge in [-0.15, -0.1) is 0 Å². The number of rotatable bonds is 4. The average Bonchev–Trinajstić information content (AvgIpc) is 2.92. The highest BCUT2D eigenvalue weighted by molar-refractivity contribution is 6.38. The van der Waals surface area contributed by atoms with E-state index < -0.39 is 0 Å². The van der Waals surface area contributed by atoms with Crippen molar-refractivity contribution in [2.24, 2.45) is 9.98 Å². The van der Waals surface area contributed by atoms with Gasteiger partial charge in [-0.05, 0) is 29.9 Å². The van der Waals surface area contributed by atoms with Gasteiger partial charge in [-0.2, -0.15) is 0 Å². The van der Waals surface area contributed by atoms with Crippen LogP contribution in [0.1, 0.15) is 57.6 Å². The Kier molecular flexibility index (Phi) is 4.58. The highest BCUT2D eigenvalue weighted by Crippen LogP contribution is 2.34. The second-order valence-corrected chi connectivity index (χ2v) is 5.83. The normalized spacial score (nSPS) is 15.8. The maximum atomic E-state index is 5.51. The summed E-state index contributed by atoms with van der Waals surface area (Å²) >= 11 is 0. The van der Waals surface area contributed by atoms with Crippen LogP contribution in [0, 0.1) is 0 Å². The zero-order valence-corrected chi connectivity index (χ0v) is 13.1. The van der Waals surface area contributed by atoms with Crippen LogP contribution in [0.25, 0.3) is 0 Å². The fourth-order valence-electron chi connectivity index (χ4n) is 2.41. The zero-order valence-electron chi connectivity index (χ0n) is 13.1. The van der Waals surface area contributed by atoms with E-state index in [1.54, 1.807) is 0 Å². The monoisotopic (exact) mass is 272 g/mol. The molecule has 0 N–H and O–H groups in total. The van der Waals surface area contributed by atoms with E-state index in [1.165, 1.54) is 11.1 Å². The molecule has 0 bridgehead atoms. The summed E-state index contributed by atoms with van der Waals surface area (Å²) in [6, 6.07) is 6.46. The minimum Gasteiger partial charge on any atom is -0.475 e. The first-order valence-corrected chi connectivity index (χ1v) is 7.36. The van der Waals surface area contributed by atoms with Crippen LogP contribution in [-0.4, -0.2) is 24.8 Å². The van der Waals surface area contributed by atoms with Gasteiger partial charge in [0.1, 0.15) is 6.61 Å². The summed E-state index contributed by atoms with van der Waals surface area (Å²) in [6.45, 7) is 12.2. The van der Waals surface area contributed by atoms with Crippen molar-refractivity contribution in [2.75, 3.05) is 13.2 Å². The fraction of sp³-hybridized carbons (Fsp3) is 0.529. The Hall–Kier alpha value is -1.64. The van der Waals surface area contributed by atoms with Gasteiger partial charge in [0.15, 0.2) is 0 Å². The third-order valence-corrected chi connectivity index (χ3v) is 3.52. The van der Waals surface area contributed by atoms with Crippen LogP contribution >= 0.6 is 0 Å². The molecule has 1 heterocycles. The summed E-state index contributed by atoms with van der Waals surface area (Å²) in [6.07, 6.45) is 0. The molecule has 0 spiro atoms. The van der Waals surface area contributed by atoms with Crippen molar-refractivity contribution in [1.82, 2.24) is 0 Å². The number of ether oxygens (including phenoxy) is 1. The summed E-state index contributed by atoms with van der Waals surface area (Å²) in [5, 5.41) is 0. The molecule has 0 atom stereocenters. The molecule has 0 radical (unpaired) electrons. The summed E-state index contributed by atoms with van der Waals surface area (Å²) in [5.74, 6) is 1.59. The zero-order chi connectivity index (χ0) is 14.7. The van der Waals surface area contributed by atoms with Crippen LogP contribution < -0.4 is 0 Å². The molecular weight excluding hydrogens is 248 g/mol. The van der Waals surface area contributed by atoms with Gasteiger partial charge in [-0.3, -0.25) is 0 Å². The highest BCUT2D eigenvalue weighted by atomic mass is 16.5. The van der Waals surface area contributed by atoms with Crippen LogP contribution in [0.5, 0.6) is 0 Å². The third-order valence-electron chi connectivity index (χ3n) is 3.52. The van der Waals surface area contributed by atoms with Gasteiger partial charge in [0.25, 0.3) is 0 Å². The third kappa shape index (κ3) is 3.09. The second kappa shape index (κ2) is 6.21. The van der Waals surface area contributed by atoms with Gasteiger partial charge in [0.2, 0.25) is 5.90 Å². The molecule has 0 amide bonds. The van der Waals surface area contributed by atoms with Crippen molar-refractivity contribution < 1.29 is 4.74 Å². The van der Waals surface area contributed by atoms with Crippen molar-refractivity contribution in [3.63, 3.8) is 0 Å². The van der Waals surface area contributed by atoms with Gasteiger partial charge in [-0.1, -0.05) is 45.9 Å². The van der Waals surface area contributed by atoms with E-state index >= 15 is 0 Å². The highest BCUT2D eigenvalue weighted by Gasteiger charge is 2.16. The maximum absolute atomic E-state index is 5.51. The van der Waals surface area contributed by atoms with E-state index in [4.69, 9.17) is 9.73 Å². The molecule has 1 aromatic rings. The first kappa shape index (κ1) is 14.8. The number of aliphatic imine (C=N–C) groups is 2. The molecule has 0 fully saturated rings. The SMILES string of the molecule is CC(=Nc1c(C(C)C)cccc1C(C)C)C1=NCCO1. The Morgan fingerprint density at radius 2 is 1.75 bits per heavy atom. The standard InChI is InChI=1S/C17H24N2O/c1-11(2)14-7-6-8-15(12(3)4)16(14)19-13(5)17-18-9-10-20-17/h6-8,11-12H,9-10H2,1-5H3. The van der Waals surface area contributed by atoms with Crippen LogP contribution in [0.2, 0.25) is 0 Å². The van der Waals surface area contributed by atoms with Crippen LogP contribution in [0.4, 0.5) is 5.69 Å². The summed E-state index contributed by atoms with van der Waals surface area (Å²) in [7, 11) is 0. The Morgan fingerprint density at radius 3 is 2.20 bits per heavy atom. The number of benzene rings is 1. The Bertz CT molecular complexity index is 516. The quantitative estimate of drug-likeness (QED) is 0.745. The summed E-state index contributed by atoms with van der Waals surface area (Å²) in [4.78, 5) is 9.19. The topological polar surface area (TPSA) is 34.0 Å². The molecular formula is C17H24N2O. The molecule has 20 heavy (non-hydrogen) atoms. The molecule has 0 saturated heterocycles. The molecule has 108 valence electrons. The largest absolute Gasteiger partial charge is 0.475 e. The van der Waals surface area contributed by atoms with E-state index in [0.717, 1.165) is 17.9 Å². The molecule has 0 aromatic heterocycles. The van der Waals surface area contributed by atoms with E-state index in [1.807, 2.05) is 6.92 Å². The van der Waals surface area contributed by atoms with Crippen molar-refractivity contribution in [3.05, 3.63) is 29.3 Å². The predicted molar refractivity (Wildman–Crippen MR) is 85.6 cm³/mol. The lowest BCUT2D eigenvalue weighted by Crippen LogP contribution is -2.10. The summed E-state index contributed by atoms with van der Waals surface area (Å²) in [5.41, 5.74) is 4.54. The number of hydrogen-bond donors (Lipinski definition) is 0. The van der Waals surface area contributed by atoms with Crippen molar-refractivity contribution >= 4 is 17.3 Å². The van der Waals surface area contributed by atoms with Crippen LogP contribution in [0.15, 0.2) is 28.2 Å². The minimum absolute atomic E-state index is 0.451. The number of hydrogen-bond acceptors (Lipinski definition) is 3. The van der Waals surface area contributed by atoms with Gasteiger partial charge < -0.3 is 4.74 Å². The Morgan fingerprint density at radius 1 is 1.15 bits per heavy atom. The van der Waals surface area contributed by atoms with Gasteiger partial charge >= 0.3 is 0 Å². The number of para-hydroxylation sites is 1. The minimum atomic E-state index is 0.451. The van der Waals surface area contributed by atoms with E-state index in [-0.39, 0.29) is 0 Å². The Balaban J connectivity index is 2.50.